The molecular formula is C13H17Br2N3S. The van der Waals surface area contributed by atoms with E-state index < -0.39 is 0 Å². The van der Waals surface area contributed by atoms with Crippen LogP contribution < -0.4 is 5.32 Å². The van der Waals surface area contributed by atoms with Crippen molar-refractivity contribution < 1.29 is 0 Å². The lowest BCUT2D eigenvalue weighted by Crippen LogP contribution is -2.25. The zero-order valence-electron chi connectivity index (χ0n) is 11.2. The summed E-state index contributed by atoms with van der Waals surface area (Å²) in [7, 11) is 0. The van der Waals surface area contributed by atoms with E-state index in [1.165, 1.54) is 11.3 Å². The van der Waals surface area contributed by atoms with Crippen LogP contribution in [0.4, 0.5) is 0 Å². The van der Waals surface area contributed by atoms with Gasteiger partial charge < -0.3 is 5.32 Å². The lowest BCUT2D eigenvalue weighted by Gasteiger charge is -2.21. The van der Waals surface area contributed by atoms with Gasteiger partial charge in [-0.25, -0.2) is 0 Å². The van der Waals surface area contributed by atoms with Gasteiger partial charge in [-0.1, -0.05) is 6.92 Å². The van der Waals surface area contributed by atoms with Gasteiger partial charge in [0.2, 0.25) is 0 Å². The van der Waals surface area contributed by atoms with Crippen molar-refractivity contribution in [2.24, 2.45) is 0 Å². The predicted octanol–water partition coefficient (Wildman–Crippen LogP) is 4.75. The van der Waals surface area contributed by atoms with Crippen LogP contribution >= 0.6 is 43.2 Å². The molecule has 0 radical (unpaired) electrons. The Kier molecular flexibility index (Phi) is 5.22. The molecule has 0 fully saturated rings. The van der Waals surface area contributed by atoms with Gasteiger partial charge >= 0.3 is 0 Å². The Hall–Kier alpha value is -0.170. The number of aromatic nitrogens is 2. The van der Waals surface area contributed by atoms with Gasteiger partial charge in [0.1, 0.15) is 0 Å². The molecule has 19 heavy (non-hydrogen) atoms. The van der Waals surface area contributed by atoms with Crippen LogP contribution in [0.1, 0.15) is 44.1 Å². The van der Waals surface area contributed by atoms with Crippen LogP contribution in [0.15, 0.2) is 25.9 Å². The van der Waals surface area contributed by atoms with Crippen molar-refractivity contribution in [1.29, 1.82) is 0 Å². The molecule has 104 valence electrons. The number of hydrogen-bond acceptors (Lipinski definition) is 3. The van der Waals surface area contributed by atoms with E-state index in [-0.39, 0.29) is 6.04 Å². The summed E-state index contributed by atoms with van der Waals surface area (Å²) in [6, 6.07) is 2.67. The predicted molar refractivity (Wildman–Crippen MR) is 87.9 cm³/mol. The molecule has 3 nitrogen and oxygen atoms in total. The molecule has 2 aromatic rings. The number of nitrogens with zero attached hydrogens (tertiary/aromatic N) is 2. The standard InChI is InChI=1S/C13H17Br2N3S/c1-4-16-12(9-5-11(15)19-7-9)13-10(14)6-17-18(13)8(2)3/h5-8,12,16H,4H2,1-3H3. The lowest BCUT2D eigenvalue weighted by atomic mass is 10.1. The Balaban J connectivity index is 2.47. The summed E-state index contributed by atoms with van der Waals surface area (Å²) in [4.78, 5) is 0. The Bertz CT molecular complexity index is 548. The van der Waals surface area contributed by atoms with Gasteiger partial charge in [0.05, 0.1) is 26.2 Å². The second-order valence-corrected chi connectivity index (χ2v) is 7.74. The average molecular weight is 407 g/mol. The third-order valence-corrected chi connectivity index (χ3v) is 5.01. The molecule has 1 atom stereocenters. The van der Waals surface area contributed by atoms with E-state index in [4.69, 9.17) is 0 Å². The van der Waals surface area contributed by atoms with Gasteiger partial charge in [0, 0.05) is 6.04 Å². The monoisotopic (exact) mass is 405 g/mol. The molecule has 0 aromatic carbocycles. The van der Waals surface area contributed by atoms with E-state index in [2.05, 4.69) is 79.2 Å². The maximum absolute atomic E-state index is 4.47. The van der Waals surface area contributed by atoms with E-state index in [1.807, 2.05) is 6.20 Å². The topological polar surface area (TPSA) is 29.9 Å². The van der Waals surface area contributed by atoms with Crippen LogP contribution in [0.2, 0.25) is 0 Å². The molecule has 0 spiro atoms. The summed E-state index contributed by atoms with van der Waals surface area (Å²) < 4.78 is 4.27. The molecule has 2 aromatic heterocycles. The highest BCUT2D eigenvalue weighted by molar-refractivity contribution is 9.11. The number of hydrogen-bond donors (Lipinski definition) is 1. The summed E-state index contributed by atoms with van der Waals surface area (Å²) >= 11 is 8.87. The first-order valence-corrected chi connectivity index (χ1v) is 8.71. The minimum atomic E-state index is 0.159. The van der Waals surface area contributed by atoms with Gasteiger partial charge in [-0.05, 0) is 69.3 Å². The van der Waals surface area contributed by atoms with Crippen LogP contribution in [0.5, 0.6) is 0 Å². The molecule has 2 heterocycles. The van der Waals surface area contributed by atoms with Crippen molar-refractivity contribution in [3.05, 3.63) is 37.2 Å². The molecular weight excluding hydrogens is 390 g/mol. The summed E-state index contributed by atoms with van der Waals surface area (Å²) in [6.07, 6.45) is 1.88. The maximum Gasteiger partial charge on any atom is 0.0768 e. The quantitative estimate of drug-likeness (QED) is 0.776. The van der Waals surface area contributed by atoms with E-state index in [1.54, 1.807) is 11.3 Å². The fourth-order valence-electron chi connectivity index (χ4n) is 2.08. The van der Waals surface area contributed by atoms with Crippen molar-refractivity contribution >= 4 is 43.2 Å². The SMILES string of the molecule is CCNC(c1csc(Br)c1)c1c(Br)cnn1C(C)C. The third-order valence-electron chi connectivity index (χ3n) is 2.88. The van der Waals surface area contributed by atoms with Crippen LogP contribution in [0.3, 0.4) is 0 Å². The van der Waals surface area contributed by atoms with Crippen molar-refractivity contribution in [3.63, 3.8) is 0 Å². The zero-order valence-corrected chi connectivity index (χ0v) is 15.1. The Morgan fingerprint density at radius 3 is 2.68 bits per heavy atom. The molecule has 0 amide bonds. The molecule has 0 aliphatic rings. The highest BCUT2D eigenvalue weighted by atomic mass is 79.9. The van der Waals surface area contributed by atoms with Crippen LogP contribution in [-0.4, -0.2) is 16.3 Å². The number of halogens is 2. The third kappa shape index (κ3) is 3.29. The molecule has 0 bridgehead atoms. The molecule has 1 N–H and O–H groups in total. The Labute approximate surface area is 134 Å². The first-order chi connectivity index (χ1) is 9.04. The summed E-state index contributed by atoms with van der Waals surface area (Å²) in [6.45, 7) is 7.33. The van der Waals surface area contributed by atoms with E-state index in [0.29, 0.717) is 6.04 Å². The molecule has 6 heteroatoms. The normalized spacial score (nSPS) is 13.2. The summed E-state index contributed by atoms with van der Waals surface area (Å²) in [5.41, 5.74) is 2.45. The molecule has 1 unspecified atom stereocenters. The first kappa shape index (κ1) is 15.2. The minimum absolute atomic E-state index is 0.159. The van der Waals surface area contributed by atoms with Gasteiger partial charge in [-0.15, -0.1) is 11.3 Å². The van der Waals surface area contributed by atoms with E-state index in [9.17, 15) is 0 Å². The van der Waals surface area contributed by atoms with Crippen LogP contribution in [-0.2, 0) is 0 Å². The molecule has 0 aliphatic heterocycles. The smallest absolute Gasteiger partial charge is 0.0768 e. The van der Waals surface area contributed by atoms with Gasteiger partial charge in [-0.2, -0.15) is 5.10 Å². The van der Waals surface area contributed by atoms with Gasteiger partial charge in [-0.3, -0.25) is 4.68 Å². The van der Waals surface area contributed by atoms with Crippen molar-refractivity contribution in [1.82, 2.24) is 15.1 Å². The first-order valence-electron chi connectivity index (χ1n) is 6.24. The van der Waals surface area contributed by atoms with E-state index >= 15 is 0 Å². The van der Waals surface area contributed by atoms with Crippen molar-refractivity contribution in [2.75, 3.05) is 6.54 Å². The van der Waals surface area contributed by atoms with Gasteiger partial charge in [0.25, 0.3) is 0 Å². The highest BCUT2D eigenvalue weighted by Gasteiger charge is 2.23. The molecule has 0 saturated heterocycles. The van der Waals surface area contributed by atoms with Gasteiger partial charge in [0.15, 0.2) is 0 Å². The second-order valence-electron chi connectivity index (χ2n) is 4.59. The largest absolute Gasteiger partial charge is 0.305 e. The fraction of sp³-hybridized carbons (Fsp3) is 0.462. The Morgan fingerprint density at radius 1 is 1.42 bits per heavy atom. The molecule has 0 aliphatic carbocycles. The lowest BCUT2D eigenvalue weighted by molar-refractivity contribution is 0.475. The Morgan fingerprint density at radius 2 is 2.16 bits per heavy atom. The van der Waals surface area contributed by atoms with Crippen LogP contribution in [0, 0.1) is 0 Å². The minimum Gasteiger partial charge on any atom is -0.305 e. The molecule has 0 saturated carbocycles. The van der Waals surface area contributed by atoms with E-state index in [0.717, 1.165) is 14.8 Å². The summed E-state index contributed by atoms with van der Waals surface area (Å²) in [5.74, 6) is 0. The number of rotatable bonds is 5. The second kappa shape index (κ2) is 6.52. The summed E-state index contributed by atoms with van der Waals surface area (Å²) in [5, 5.41) is 10.2. The number of nitrogens with one attached hydrogen (secondary N) is 1. The molecule has 2 rings (SSSR count). The van der Waals surface area contributed by atoms with Crippen LogP contribution in [0.25, 0.3) is 0 Å². The fourth-order valence-corrected chi connectivity index (χ4v) is 3.79. The average Bonchev–Trinajstić information content (AvgIpc) is 2.93. The number of thiophene rings is 1. The maximum atomic E-state index is 4.47. The highest BCUT2D eigenvalue weighted by Crippen LogP contribution is 2.33. The van der Waals surface area contributed by atoms with Crippen molar-refractivity contribution in [2.45, 2.75) is 32.9 Å². The zero-order chi connectivity index (χ0) is 14.0. The van der Waals surface area contributed by atoms with Crippen molar-refractivity contribution in [3.8, 4) is 0 Å².